The average Bonchev–Trinajstić information content (AvgIpc) is 3.09. The first-order valence-electron chi connectivity index (χ1n) is 13.2. The molecule has 0 aliphatic carbocycles. The molecule has 0 radical (unpaired) electrons. The maximum atomic E-state index is 14.2. The van der Waals surface area contributed by atoms with Crippen LogP contribution in [0.1, 0.15) is 37.5 Å². The molecule has 2 amide bonds. The summed E-state index contributed by atoms with van der Waals surface area (Å²) in [6, 6.07) is 26.4. The molecule has 4 rings (SSSR count). The van der Waals surface area contributed by atoms with Crippen LogP contribution in [0, 0.1) is 0 Å². The number of alkyl carbamates (subject to hydrolysis) is 1. The highest BCUT2D eigenvalue weighted by Crippen LogP contribution is 2.31. The van der Waals surface area contributed by atoms with E-state index in [-0.39, 0.29) is 19.4 Å². The minimum atomic E-state index is -1.96. The third-order valence-corrected chi connectivity index (χ3v) is 6.57. The number of ether oxygens (including phenoxy) is 2. The van der Waals surface area contributed by atoms with E-state index in [1.54, 1.807) is 45.0 Å². The van der Waals surface area contributed by atoms with Gasteiger partial charge < -0.3 is 14.4 Å². The monoisotopic (exact) mass is 542 g/mol. The molecule has 1 aliphatic heterocycles. The number of hydrogen-bond acceptors (Lipinski definition) is 6. The normalized spacial score (nSPS) is 18.9. The van der Waals surface area contributed by atoms with E-state index < -0.39 is 47.5 Å². The molecule has 2 atom stereocenters. The van der Waals surface area contributed by atoms with Crippen LogP contribution in [-0.4, -0.2) is 52.4 Å². The van der Waals surface area contributed by atoms with Gasteiger partial charge in [0.15, 0.2) is 11.3 Å². The largest absolute Gasteiger partial charge is 0.459 e. The number of carbonyl (C=O) groups is 4. The molecule has 8 heteroatoms. The zero-order valence-corrected chi connectivity index (χ0v) is 23.0. The first kappa shape index (κ1) is 28.5. The summed E-state index contributed by atoms with van der Waals surface area (Å²) < 4.78 is 10.9. The molecule has 3 aromatic rings. The highest BCUT2D eigenvalue weighted by atomic mass is 16.6. The first-order chi connectivity index (χ1) is 19.1. The van der Waals surface area contributed by atoms with Crippen LogP contribution in [0.25, 0.3) is 0 Å². The van der Waals surface area contributed by atoms with Crippen molar-refractivity contribution in [3.8, 4) is 0 Å². The van der Waals surface area contributed by atoms with Crippen molar-refractivity contribution in [3.05, 3.63) is 108 Å². The number of benzene rings is 3. The van der Waals surface area contributed by atoms with Crippen molar-refractivity contribution in [2.45, 2.75) is 57.4 Å². The Morgan fingerprint density at radius 2 is 1.35 bits per heavy atom. The topological polar surface area (TPSA) is 102 Å². The molecule has 0 bridgehead atoms. The Morgan fingerprint density at radius 3 is 1.90 bits per heavy atom. The van der Waals surface area contributed by atoms with Crippen LogP contribution < -0.4 is 5.32 Å². The highest BCUT2D eigenvalue weighted by molar-refractivity contribution is 6.20. The minimum absolute atomic E-state index is 0.0321. The predicted molar refractivity (Wildman–Crippen MR) is 149 cm³/mol. The second-order valence-corrected chi connectivity index (χ2v) is 10.8. The molecular weight excluding hydrogens is 508 g/mol. The summed E-state index contributed by atoms with van der Waals surface area (Å²) in [6.07, 6.45) is -0.813. The average molecular weight is 543 g/mol. The molecule has 0 saturated carbocycles. The number of amides is 2. The van der Waals surface area contributed by atoms with Gasteiger partial charge in [-0.15, -0.1) is 0 Å². The van der Waals surface area contributed by atoms with Gasteiger partial charge >= 0.3 is 12.1 Å². The second-order valence-electron chi connectivity index (χ2n) is 10.8. The summed E-state index contributed by atoms with van der Waals surface area (Å²) in [7, 11) is 0. The molecule has 2 unspecified atom stereocenters. The van der Waals surface area contributed by atoms with Crippen molar-refractivity contribution in [2.75, 3.05) is 6.54 Å². The van der Waals surface area contributed by atoms with Crippen molar-refractivity contribution < 1.29 is 28.7 Å². The molecule has 8 nitrogen and oxygen atoms in total. The zero-order valence-electron chi connectivity index (χ0n) is 23.0. The fraction of sp³-hybridized carbons (Fsp3) is 0.312. The Balaban J connectivity index is 1.67. The Hall–Kier alpha value is -4.46. The number of likely N-dealkylation sites (tertiary alicyclic amines) is 1. The molecule has 40 heavy (non-hydrogen) atoms. The number of rotatable bonds is 9. The van der Waals surface area contributed by atoms with Crippen LogP contribution >= 0.6 is 0 Å². The van der Waals surface area contributed by atoms with Crippen molar-refractivity contribution in [3.63, 3.8) is 0 Å². The van der Waals surface area contributed by atoms with Gasteiger partial charge in [-0.1, -0.05) is 91.0 Å². The summed E-state index contributed by atoms with van der Waals surface area (Å²) in [4.78, 5) is 55.6. The molecule has 1 heterocycles. The van der Waals surface area contributed by atoms with Gasteiger partial charge in [0.2, 0.25) is 0 Å². The second kappa shape index (κ2) is 12.2. The van der Waals surface area contributed by atoms with Crippen molar-refractivity contribution in [1.29, 1.82) is 0 Å². The SMILES string of the molecule is CC(C)(C)OC(=O)NC1(Cc2ccccc2)C(=O)C(Cc2ccccc2)N(CC(=O)OCc2ccccc2)C1=O. The number of nitrogens with zero attached hydrogens (tertiary/aromatic N) is 1. The molecule has 208 valence electrons. The Bertz CT molecular complexity index is 1340. The smallest absolute Gasteiger partial charge is 0.408 e. The number of nitrogens with one attached hydrogen (secondary N) is 1. The molecule has 1 fully saturated rings. The zero-order chi connectivity index (χ0) is 28.8. The third-order valence-electron chi connectivity index (χ3n) is 6.57. The van der Waals surface area contributed by atoms with Gasteiger partial charge in [0.25, 0.3) is 5.91 Å². The number of ketones is 1. The minimum Gasteiger partial charge on any atom is -0.459 e. The quantitative estimate of drug-likeness (QED) is 0.320. The number of hydrogen-bond donors (Lipinski definition) is 1. The van der Waals surface area contributed by atoms with Gasteiger partial charge in [-0.3, -0.25) is 19.7 Å². The van der Waals surface area contributed by atoms with Crippen LogP contribution in [0.3, 0.4) is 0 Å². The van der Waals surface area contributed by atoms with Crippen LogP contribution in [0.4, 0.5) is 4.79 Å². The molecule has 0 spiro atoms. The van der Waals surface area contributed by atoms with Gasteiger partial charge in [-0.25, -0.2) is 4.79 Å². The Kier molecular flexibility index (Phi) is 8.67. The lowest BCUT2D eigenvalue weighted by molar-refractivity contribution is -0.151. The van der Waals surface area contributed by atoms with E-state index in [0.717, 1.165) is 11.1 Å². The first-order valence-corrected chi connectivity index (χ1v) is 13.2. The van der Waals surface area contributed by atoms with E-state index in [0.29, 0.717) is 5.56 Å². The van der Waals surface area contributed by atoms with Gasteiger partial charge in [0.1, 0.15) is 18.8 Å². The standard InChI is InChI=1S/C32H34N2O6/c1-31(2,3)40-30(38)33-32(20-24-15-9-5-10-16-24)28(36)26(19-23-13-7-4-8-14-23)34(29(32)37)21-27(35)39-22-25-17-11-6-12-18-25/h4-18,26H,19-22H2,1-3H3,(H,33,38). The Labute approximate surface area is 234 Å². The summed E-state index contributed by atoms with van der Waals surface area (Å²) in [6.45, 7) is 4.68. The van der Waals surface area contributed by atoms with Crippen molar-refractivity contribution >= 4 is 23.8 Å². The van der Waals surface area contributed by atoms with Crippen LogP contribution in [0.15, 0.2) is 91.0 Å². The van der Waals surface area contributed by atoms with Crippen LogP contribution in [0.5, 0.6) is 0 Å². The van der Waals surface area contributed by atoms with Gasteiger partial charge in [0, 0.05) is 12.8 Å². The van der Waals surface area contributed by atoms with Gasteiger partial charge in [0.05, 0.1) is 6.04 Å². The summed E-state index contributed by atoms with van der Waals surface area (Å²) in [5.74, 6) is -1.84. The lowest BCUT2D eigenvalue weighted by Crippen LogP contribution is -2.60. The molecule has 1 N–H and O–H groups in total. The van der Waals surface area contributed by atoms with E-state index in [1.807, 2.05) is 66.7 Å². The van der Waals surface area contributed by atoms with E-state index >= 15 is 0 Å². The highest BCUT2D eigenvalue weighted by Gasteiger charge is 2.60. The number of carbonyl (C=O) groups excluding carboxylic acids is 4. The van der Waals surface area contributed by atoms with Crippen molar-refractivity contribution in [1.82, 2.24) is 10.2 Å². The molecule has 1 saturated heterocycles. The molecule has 3 aromatic carbocycles. The van der Waals surface area contributed by atoms with E-state index in [4.69, 9.17) is 9.47 Å². The van der Waals surface area contributed by atoms with Crippen LogP contribution in [0.2, 0.25) is 0 Å². The summed E-state index contributed by atoms with van der Waals surface area (Å²) >= 11 is 0. The van der Waals surface area contributed by atoms with E-state index in [2.05, 4.69) is 5.32 Å². The summed E-state index contributed by atoms with van der Waals surface area (Å²) in [5, 5.41) is 2.62. The fourth-order valence-electron chi connectivity index (χ4n) is 4.76. The maximum absolute atomic E-state index is 14.2. The lowest BCUT2D eigenvalue weighted by atomic mass is 9.85. The maximum Gasteiger partial charge on any atom is 0.408 e. The van der Waals surface area contributed by atoms with E-state index in [9.17, 15) is 19.2 Å². The van der Waals surface area contributed by atoms with Gasteiger partial charge in [-0.2, -0.15) is 0 Å². The lowest BCUT2D eigenvalue weighted by Gasteiger charge is -2.29. The third kappa shape index (κ3) is 6.94. The van der Waals surface area contributed by atoms with Crippen molar-refractivity contribution in [2.24, 2.45) is 0 Å². The predicted octanol–water partition coefficient (Wildman–Crippen LogP) is 4.26. The fourth-order valence-corrected chi connectivity index (χ4v) is 4.76. The Morgan fingerprint density at radius 1 is 0.825 bits per heavy atom. The number of Topliss-reactive ketones (excluding diaryl/α,β-unsaturated/α-hetero) is 1. The summed E-state index contributed by atoms with van der Waals surface area (Å²) in [5.41, 5.74) is -0.530. The molecule has 0 aromatic heterocycles. The number of esters is 1. The van der Waals surface area contributed by atoms with Gasteiger partial charge in [-0.05, 0) is 37.5 Å². The molecule has 1 aliphatic rings. The van der Waals surface area contributed by atoms with E-state index in [1.165, 1.54) is 4.90 Å². The molecular formula is C32H34N2O6. The van der Waals surface area contributed by atoms with Crippen LogP contribution in [-0.2, 0) is 43.3 Å².